The van der Waals surface area contributed by atoms with Crippen LogP contribution in [0.1, 0.15) is 12.0 Å². The van der Waals surface area contributed by atoms with E-state index in [0.29, 0.717) is 11.6 Å². The van der Waals surface area contributed by atoms with E-state index in [4.69, 9.17) is 16.3 Å². The number of halogens is 2. The molecule has 1 amide bonds. The number of nitrogens with one attached hydrogen (secondary N) is 1. The van der Waals surface area contributed by atoms with Gasteiger partial charge in [-0.05, 0) is 29.8 Å². The highest BCUT2D eigenvalue weighted by Crippen LogP contribution is 2.15. The number of para-hydroxylation sites is 1. The molecule has 2 rings (SSSR count). The molecule has 0 atom stereocenters. The number of carbonyl (C=O) groups excluding carboxylic acids is 1. The Balaban J connectivity index is 1.72. The van der Waals surface area contributed by atoms with E-state index in [0.717, 1.165) is 5.56 Å². The van der Waals surface area contributed by atoms with E-state index < -0.39 is 5.82 Å². The van der Waals surface area contributed by atoms with Gasteiger partial charge in [0, 0.05) is 11.6 Å². The van der Waals surface area contributed by atoms with Crippen LogP contribution in [0.4, 0.5) is 4.39 Å². The molecule has 2 aromatic rings. The molecule has 0 aliphatic heterocycles. The second-order valence-electron chi connectivity index (χ2n) is 4.44. The lowest BCUT2D eigenvalue weighted by molar-refractivity contribution is -0.121. The summed E-state index contributed by atoms with van der Waals surface area (Å²) in [6, 6.07) is 13.4. The van der Waals surface area contributed by atoms with E-state index in [1.807, 2.05) is 12.1 Å². The lowest BCUT2D eigenvalue weighted by Crippen LogP contribution is -2.24. The summed E-state index contributed by atoms with van der Waals surface area (Å²) < 4.78 is 18.5. The molecule has 1 N–H and O–H groups in total. The molecular formula is C16H15ClFNO2. The Kier molecular flexibility index (Phi) is 5.58. The van der Waals surface area contributed by atoms with Crippen molar-refractivity contribution in [2.24, 2.45) is 0 Å². The summed E-state index contributed by atoms with van der Waals surface area (Å²) >= 11 is 5.86. The van der Waals surface area contributed by atoms with Crippen LogP contribution in [0.5, 0.6) is 5.75 Å². The van der Waals surface area contributed by atoms with Crippen LogP contribution in [0, 0.1) is 5.82 Å². The number of ether oxygens (including phenoxy) is 1. The number of hydrogen-bond acceptors (Lipinski definition) is 2. The molecule has 0 radical (unpaired) electrons. The second-order valence-corrected chi connectivity index (χ2v) is 4.87. The first kappa shape index (κ1) is 15.3. The fourth-order valence-corrected chi connectivity index (χ4v) is 1.96. The number of benzene rings is 2. The highest BCUT2D eigenvalue weighted by molar-refractivity contribution is 6.30. The first-order valence-electron chi connectivity index (χ1n) is 6.53. The van der Waals surface area contributed by atoms with E-state index >= 15 is 0 Å². The number of hydrogen-bond donors (Lipinski definition) is 1. The average Bonchev–Trinajstić information content (AvgIpc) is 2.47. The maximum Gasteiger partial charge on any atom is 0.223 e. The maximum atomic E-state index is 13.3. The summed E-state index contributed by atoms with van der Waals surface area (Å²) in [7, 11) is 0. The van der Waals surface area contributed by atoms with Crippen molar-refractivity contribution in [3.63, 3.8) is 0 Å². The lowest BCUT2D eigenvalue weighted by Gasteiger charge is -2.08. The summed E-state index contributed by atoms with van der Waals surface area (Å²) in [5.41, 5.74) is 0.922. The van der Waals surface area contributed by atoms with Crippen molar-refractivity contribution in [1.82, 2.24) is 5.32 Å². The summed E-state index contributed by atoms with van der Waals surface area (Å²) in [4.78, 5) is 11.7. The van der Waals surface area contributed by atoms with Gasteiger partial charge in [-0.3, -0.25) is 4.79 Å². The molecule has 0 bridgehead atoms. The van der Waals surface area contributed by atoms with Crippen LogP contribution in [-0.2, 0) is 11.3 Å². The van der Waals surface area contributed by atoms with Gasteiger partial charge in [0.1, 0.15) is 0 Å². The van der Waals surface area contributed by atoms with Crippen LogP contribution in [0.3, 0.4) is 0 Å². The molecule has 0 spiro atoms. The van der Waals surface area contributed by atoms with Crippen molar-refractivity contribution >= 4 is 17.5 Å². The predicted molar refractivity (Wildman–Crippen MR) is 79.8 cm³/mol. The van der Waals surface area contributed by atoms with Crippen molar-refractivity contribution in [2.45, 2.75) is 13.0 Å². The van der Waals surface area contributed by atoms with Crippen LogP contribution >= 0.6 is 11.6 Å². The lowest BCUT2D eigenvalue weighted by atomic mass is 10.2. The molecule has 0 saturated heterocycles. The van der Waals surface area contributed by atoms with Gasteiger partial charge in [-0.1, -0.05) is 35.9 Å². The zero-order valence-electron chi connectivity index (χ0n) is 11.3. The SMILES string of the molecule is O=C(CCOc1ccccc1F)NCc1cccc(Cl)c1. The van der Waals surface area contributed by atoms with Gasteiger partial charge < -0.3 is 10.1 Å². The largest absolute Gasteiger partial charge is 0.490 e. The standard InChI is InChI=1S/C16H15ClFNO2/c17-13-5-3-4-12(10-13)11-19-16(20)8-9-21-15-7-2-1-6-14(15)18/h1-7,10H,8-9,11H2,(H,19,20). The molecule has 0 unspecified atom stereocenters. The Morgan fingerprint density at radius 1 is 1.19 bits per heavy atom. The monoisotopic (exact) mass is 307 g/mol. The molecule has 2 aromatic carbocycles. The summed E-state index contributed by atoms with van der Waals surface area (Å²) in [6.45, 7) is 0.529. The minimum atomic E-state index is -0.433. The third-order valence-electron chi connectivity index (χ3n) is 2.80. The van der Waals surface area contributed by atoms with Crippen molar-refractivity contribution in [2.75, 3.05) is 6.61 Å². The smallest absolute Gasteiger partial charge is 0.223 e. The molecule has 0 heterocycles. The first-order chi connectivity index (χ1) is 10.1. The topological polar surface area (TPSA) is 38.3 Å². The van der Waals surface area contributed by atoms with E-state index in [9.17, 15) is 9.18 Å². The first-order valence-corrected chi connectivity index (χ1v) is 6.91. The minimum Gasteiger partial charge on any atom is -0.490 e. The Morgan fingerprint density at radius 3 is 2.76 bits per heavy atom. The third kappa shape index (κ3) is 5.08. The average molecular weight is 308 g/mol. The Bertz CT molecular complexity index is 619. The van der Waals surface area contributed by atoms with Gasteiger partial charge in [-0.2, -0.15) is 0 Å². The van der Waals surface area contributed by atoms with E-state index in [2.05, 4.69) is 5.32 Å². The van der Waals surface area contributed by atoms with Crippen molar-refractivity contribution in [1.29, 1.82) is 0 Å². The number of amides is 1. The highest BCUT2D eigenvalue weighted by atomic mass is 35.5. The Morgan fingerprint density at radius 2 is 2.00 bits per heavy atom. The summed E-state index contributed by atoms with van der Waals surface area (Å²) in [5.74, 6) is -0.441. The molecule has 3 nitrogen and oxygen atoms in total. The number of rotatable bonds is 6. The van der Waals surface area contributed by atoms with Gasteiger partial charge in [0.2, 0.25) is 5.91 Å². The molecule has 0 aliphatic carbocycles. The molecule has 110 valence electrons. The number of carbonyl (C=O) groups is 1. The Hall–Kier alpha value is -2.07. The second kappa shape index (κ2) is 7.64. The quantitative estimate of drug-likeness (QED) is 0.886. The van der Waals surface area contributed by atoms with Crippen LogP contribution < -0.4 is 10.1 Å². The maximum absolute atomic E-state index is 13.3. The summed E-state index contributed by atoms with van der Waals surface area (Å²) in [6.07, 6.45) is 0.162. The minimum absolute atomic E-state index is 0.127. The van der Waals surface area contributed by atoms with Gasteiger partial charge in [0.05, 0.1) is 13.0 Å². The van der Waals surface area contributed by atoms with Gasteiger partial charge >= 0.3 is 0 Å². The summed E-state index contributed by atoms with van der Waals surface area (Å²) in [5, 5.41) is 3.39. The van der Waals surface area contributed by atoms with Gasteiger partial charge in [0.15, 0.2) is 11.6 Å². The van der Waals surface area contributed by atoms with E-state index in [1.54, 1.807) is 24.3 Å². The van der Waals surface area contributed by atoms with Gasteiger partial charge in [-0.15, -0.1) is 0 Å². The normalized spacial score (nSPS) is 10.2. The highest BCUT2D eigenvalue weighted by Gasteiger charge is 2.05. The molecule has 0 aliphatic rings. The van der Waals surface area contributed by atoms with Gasteiger partial charge in [-0.25, -0.2) is 4.39 Å². The zero-order valence-corrected chi connectivity index (χ0v) is 12.1. The van der Waals surface area contributed by atoms with Crippen LogP contribution in [0.25, 0.3) is 0 Å². The van der Waals surface area contributed by atoms with Crippen molar-refractivity contribution in [3.05, 3.63) is 64.9 Å². The zero-order chi connectivity index (χ0) is 15.1. The molecule has 5 heteroatoms. The van der Waals surface area contributed by atoms with Crippen molar-refractivity contribution < 1.29 is 13.9 Å². The molecule has 0 saturated carbocycles. The van der Waals surface area contributed by atoms with Crippen LogP contribution in [0.15, 0.2) is 48.5 Å². The molecular weight excluding hydrogens is 293 g/mol. The van der Waals surface area contributed by atoms with Crippen LogP contribution in [0.2, 0.25) is 5.02 Å². The fraction of sp³-hybridized carbons (Fsp3) is 0.188. The fourth-order valence-electron chi connectivity index (χ4n) is 1.75. The predicted octanol–water partition coefficient (Wildman–Crippen LogP) is 3.56. The van der Waals surface area contributed by atoms with Gasteiger partial charge in [0.25, 0.3) is 0 Å². The van der Waals surface area contributed by atoms with E-state index in [1.165, 1.54) is 12.1 Å². The van der Waals surface area contributed by atoms with Crippen molar-refractivity contribution in [3.8, 4) is 5.75 Å². The molecule has 0 fully saturated rings. The van der Waals surface area contributed by atoms with E-state index in [-0.39, 0.29) is 24.7 Å². The molecule has 0 aromatic heterocycles. The third-order valence-corrected chi connectivity index (χ3v) is 3.04. The molecule has 21 heavy (non-hydrogen) atoms. The Labute approximate surface area is 127 Å². The van der Waals surface area contributed by atoms with Crippen LogP contribution in [-0.4, -0.2) is 12.5 Å².